The Kier molecular flexibility index (Phi) is 6.77. The highest BCUT2D eigenvalue weighted by atomic mass is 16.5. The zero-order valence-corrected chi connectivity index (χ0v) is 29.3. The lowest BCUT2D eigenvalue weighted by atomic mass is 9.64. The van der Waals surface area contributed by atoms with Gasteiger partial charge in [-0.3, -0.25) is 0 Å². The molecule has 8 aromatic carbocycles. The van der Waals surface area contributed by atoms with E-state index in [-0.39, 0.29) is 0 Å². The summed E-state index contributed by atoms with van der Waals surface area (Å²) >= 11 is 0. The van der Waals surface area contributed by atoms with E-state index in [0.29, 0.717) is 5.82 Å². The Morgan fingerprint density at radius 1 is 0.352 bits per heavy atom. The van der Waals surface area contributed by atoms with E-state index in [1.807, 2.05) is 12.1 Å². The van der Waals surface area contributed by atoms with E-state index in [4.69, 9.17) is 14.7 Å². The average molecular weight is 689 g/mol. The lowest BCUT2D eigenvalue weighted by Gasteiger charge is -2.40. The Bertz CT molecular complexity index is 2850. The lowest BCUT2D eigenvalue weighted by Crippen LogP contribution is -2.32. The van der Waals surface area contributed by atoms with Gasteiger partial charge in [-0.2, -0.15) is 0 Å². The number of rotatable bonds is 4. The van der Waals surface area contributed by atoms with Crippen molar-refractivity contribution in [1.82, 2.24) is 9.97 Å². The van der Waals surface area contributed by atoms with Crippen molar-refractivity contribution in [2.45, 2.75) is 5.41 Å². The first kappa shape index (κ1) is 30.5. The van der Waals surface area contributed by atoms with Gasteiger partial charge in [0.25, 0.3) is 0 Å². The van der Waals surface area contributed by atoms with Crippen LogP contribution in [0.3, 0.4) is 0 Å². The third kappa shape index (κ3) is 4.49. The molecular weight excluding hydrogens is 657 g/mol. The molecule has 0 radical (unpaired) electrons. The van der Waals surface area contributed by atoms with Gasteiger partial charge in [-0.05, 0) is 62.7 Å². The van der Waals surface area contributed by atoms with E-state index >= 15 is 0 Å². The van der Waals surface area contributed by atoms with Gasteiger partial charge in [0, 0.05) is 27.6 Å². The number of aromatic nitrogens is 2. The third-order valence-electron chi connectivity index (χ3n) is 11.2. The molecule has 0 atom stereocenters. The number of benzene rings is 8. The summed E-state index contributed by atoms with van der Waals surface area (Å²) in [5, 5.41) is 1.03. The number of hydrogen-bond donors (Lipinski definition) is 0. The molecule has 0 fully saturated rings. The molecule has 3 nitrogen and oxygen atoms in total. The molecule has 2 heterocycles. The van der Waals surface area contributed by atoms with E-state index in [2.05, 4.69) is 182 Å². The van der Waals surface area contributed by atoms with Crippen LogP contribution < -0.4 is 4.74 Å². The van der Waals surface area contributed by atoms with Crippen LogP contribution in [0, 0.1) is 0 Å². The van der Waals surface area contributed by atoms with Crippen LogP contribution in [0.2, 0.25) is 0 Å². The summed E-state index contributed by atoms with van der Waals surface area (Å²) in [4.78, 5) is 10.3. The normalized spacial score (nSPS) is 13.1. The second kappa shape index (κ2) is 12.0. The van der Waals surface area contributed by atoms with Gasteiger partial charge in [0.15, 0.2) is 5.82 Å². The van der Waals surface area contributed by atoms with E-state index < -0.39 is 5.41 Å². The molecule has 1 spiro atoms. The number of hydrogen-bond acceptors (Lipinski definition) is 3. The Morgan fingerprint density at radius 3 is 1.65 bits per heavy atom. The first-order chi connectivity index (χ1) is 26.8. The maximum atomic E-state index is 6.59. The van der Waals surface area contributed by atoms with Crippen LogP contribution in [0.15, 0.2) is 194 Å². The van der Waals surface area contributed by atoms with Gasteiger partial charge >= 0.3 is 0 Å². The molecule has 11 rings (SSSR count). The van der Waals surface area contributed by atoms with Gasteiger partial charge in [-0.15, -0.1) is 0 Å². The summed E-state index contributed by atoms with van der Waals surface area (Å²) in [5.41, 5.74) is 15.4. The molecule has 1 aliphatic heterocycles. The zero-order chi connectivity index (χ0) is 35.6. The molecule has 252 valence electrons. The fourth-order valence-corrected chi connectivity index (χ4v) is 8.83. The molecule has 0 amide bonds. The molecule has 0 N–H and O–H groups in total. The van der Waals surface area contributed by atoms with E-state index in [0.717, 1.165) is 55.9 Å². The molecule has 0 bridgehead atoms. The standard InChI is InChI=1S/C51H32N2O/c1-2-13-33(14-3-1)34-25-29-36(30-26-34)49-41-16-5-9-22-45(41)52-50(53-49)37-31-27-35(28-32-37)38-17-12-18-40-39-15-4-6-19-42(39)51(48(38)40)43-20-7-10-23-46(43)54-47-24-11-8-21-44(47)51/h1-32H. The summed E-state index contributed by atoms with van der Waals surface area (Å²) in [7, 11) is 0. The molecule has 1 aliphatic carbocycles. The smallest absolute Gasteiger partial charge is 0.160 e. The highest BCUT2D eigenvalue weighted by Crippen LogP contribution is 2.63. The summed E-state index contributed by atoms with van der Waals surface area (Å²) in [6.45, 7) is 0. The third-order valence-corrected chi connectivity index (χ3v) is 11.2. The van der Waals surface area contributed by atoms with E-state index in [9.17, 15) is 0 Å². The topological polar surface area (TPSA) is 35.0 Å². The number of ether oxygens (including phenoxy) is 1. The predicted molar refractivity (Wildman–Crippen MR) is 219 cm³/mol. The highest BCUT2D eigenvalue weighted by molar-refractivity contribution is 5.96. The molecule has 0 saturated heterocycles. The molecule has 9 aromatic rings. The van der Waals surface area contributed by atoms with Crippen molar-refractivity contribution in [3.63, 3.8) is 0 Å². The van der Waals surface area contributed by atoms with Gasteiger partial charge in [-0.25, -0.2) is 9.97 Å². The molecular formula is C51H32N2O. The first-order valence-corrected chi connectivity index (χ1v) is 18.4. The van der Waals surface area contributed by atoms with Crippen LogP contribution in [0.5, 0.6) is 11.5 Å². The van der Waals surface area contributed by atoms with Crippen molar-refractivity contribution in [3.05, 3.63) is 216 Å². The molecule has 0 saturated carbocycles. The zero-order valence-electron chi connectivity index (χ0n) is 29.3. The fraction of sp³-hybridized carbons (Fsp3) is 0.0196. The second-order valence-electron chi connectivity index (χ2n) is 14.1. The second-order valence-corrected chi connectivity index (χ2v) is 14.1. The van der Waals surface area contributed by atoms with Crippen LogP contribution >= 0.6 is 0 Å². The van der Waals surface area contributed by atoms with Crippen molar-refractivity contribution in [3.8, 4) is 67.5 Å². The predicted octanol–water partition coefficient (Wildman–Crippen LogP) is 12.8. The van der Waals surface area contributed by atoms with Crippen molar-refractivity contribution in [2.75, 3.05) is 0 Å². The Morgan fingerprint density at radius 2 is 0.889 bits per heavy atom. The molecule has 54 heavy (non-hydrogen) atoms. The Hall–Kier alpha value is -7.10. The first-order valence-electron chi connectivity index (χ1n) is 18.4. The van der Waals surface area contributed by atoms with Gasteiger partial charge in [0.1, 0.15) is 11.5 Å². The fourth-order valence-electron chi connectivity index (χ4n) is 8.83. The van der Waals surface area contributed by atoms with Crippen LogP contribution in [0.25, 0.3) is 66.9 Å². The molecule has 0 unspecified atom stereocenters. The van der Waals surface area contributed by atoms with Crippen molar-refractivity contribution >= 4 is 10.9 Å². The minimum atomic E-state index is -0.543. The van der Waals surface area contributed by atoms with Gasteiger partial charge < -0.3 is 4.74 Å². The minimum absolute atomic E-state index is 0.543. The highest BCUT2D eigenvalue weighted by Gasteiger charge is 2.52. The lowest BCUT2D eigenvalue weighted by molar-refractivity contribution is 0.436. The number of fused-ring (bicyclic) bond motifs is 10. The maximum Gasteiger partial charge on any atom is 0.160 e. The minimum Gasteiger partial charge on any atom is -0.457 e. The molecule has 2 aliphatic rings. The van der Waals surface area contributed by atoms with Gasteiger partial charge in [-0.1, -0.05) is 176 Å². The molecule has 3 heteroatoms. The molecule has 1 aromatic heterocycles. The number of nitrogens with zero attached hydrogens (tertiary/aromatic N) is 2. The van der Waals surface area contributed by atoms with Crippen LogP contribution in [0.4, 0.5) is 0 Å². The van der Waals surface area contributed by atoms with E-state index in [1.165, 1.54) is 38.9 Å². The average Bonchev–Trinajstić information content (AvgIpc) is 3.55. The SMILES string of the molecule is c1ccc(-c2ccc(-c3nc(-c4ccc(-c5cccc6c5C5(c7ccccc7Oc7ccccc75)c5ccccc5-6)cc4)nc4ccccc34)cc2)cc1. The van der Waals surface area contributed by atoms with Crippen LogP contribution in [-0.4, -0.2) is 9.97 Å². The maximum absolute atomic E-state index is 6.59. The van der Waals surface area contributed by atoms with Crippen molar-refractivity contribution in [1.29, 1.82) is 0 Å². The largest absolute Gasteiger partial charge is 0.457 e. The quantitative estimate of drug-likeness (QED) is 0.185. The van der Waals surface area contributed by atoms with Crippen LogP contribution in [0.1, 0.15) is 22.3 Å². The van der Waals surface area contributed by atoms with Gasteiger partial charge in [0.05, 0.1) is 16.6 Å². The van der Waals surface area contributed by atoms with Crippen molar-refractivity contribution < 1.29 is 4.74 Å². The van der Waals surface area contributed by atoms with E-state index in [1.54, 1.807) is 0 Å². The summed E-state index contributed by atoms with van der Waals surface area (Å²) in [5.74, 6) is 2.49. The van der Waals surface area contributed by atoms with Crippen molar-refractivity contribution in [2.24, 2.45) is 0 Å². The Balaban J connectivity index is 1.06. The van der Waals surface area contributed by atoms with Crippen LogP contribution in [-0.2, 0) is 5.41 Å². The summed E-state index contributed by atoms with van der Waals surface area (Å²) in [6, 6.07) is 68.9. The summed E-state index contributed by atoms with van der Waals surface area (Å²) < 4.78 is 6.59. The van der Waals surface area contributed by atoms with Gasteiger partial charge in [0.2, 0.25) is 0 Å². The number of para-hydroxylation sites is 3. The Labute approximate surface area is 313 Å². The monoisotopic (exact) mass is 688 g/mol. The summed E-state index contributed by atoms with van der Waals surface area (Å²) in [6.07, 6.45) is 0.